The van der Waals surface area contributed by atoms with Gasteiger partial charge in [0.05, 0.1) is 13.7 Å². The van der Waals surface area contributed by atoms with Crippen LogP contribution < -0.4 is 14.8 Å². The molecule has 6 heteroatoms. The van der Waals surface area contributed by atoms with Crippen LogP contribution in [0.5, 0.6) is 17.2 Å². The Morgan fingerprint density at radius 1 is 1.09 bits per heavy atom. The van der Waals surface area contributed by atoms with Crippen molar-refractivity contribution in [3.8, 4) is 17.2 Å². The van der Waals surface area contributed by atoms with E-state index in [4.69, 9.17) is 9.47 Å². The van der Waals surface area contributed by atoms with E-state index >= 15 is 0 Å². The maximum absolute atomic E-state index is 11.4. The summed E-state index contributed by atoms with van der Waals surface area (Å²) in [5, 5.41) is 13.9. The van der Waals surface area contributed by atoms with E-state index in [9.17, 15) is 9.90 Å². The number of aromatic hydroxyl groups is 1. The predicted molar refractivity (Wildman–Crippen MR) is 124 cm³/mol. The lowest BCUT2D eigenvalue weighted by atomic mass is 9.75. The van der Waals surface area contributed by atoms with Gasteiger partial charge in [0.15, 0.2) is 0 Å². The van der Waals surface area contributed by atoms with Crippen molar-refractivity contribution in [3.63, 3.8) is 0 Å². The summed E-state index contributed by atoms with van der Waals surface area (Å²) in [6, 6.07) is 19.3. The molecule has 3 aromatic carbocycles. The van der Waals surface area contributed by atoms with E-state index < -0.39 is 0 Å². The van der Waals surface area contributed by atoms with Gasteiger partial charge in [-0.2, -0.15) is 0 Å². The minimum Gasteiger partial charge on any atom is -0.508 e. The fourth-order valence-corrected chi connectivity index (χ4v) is 4.62. The summed E-state index contributed by atoms with van der Waals surface area (Å²) >= 11 is 0. The van der Waals surface area contributed by atoms with E-state index in [1.165, 1.54) is 6.92 Å². The smallest absolute Gasteiger partial charge is 0.221 e. The Morgan fingerprint density at radius 2 is 1.91 bits per heavy atom. The second-order valence-corrected chi connectivity index (χ2v) is 8.08. The minimum absolute atomic E-state index is 0.0202. The minimum atomic E-state index is -0.100. The monoisotopic (exact) mass is 428 g/mol. The maximum Gasteiger partial charge on any atom is 0.221 e. The topological polar surface area (TPSA) is 83.6 Å². The molecule has 0 saturated carbocycles. The van der Waals surface area contributed by atoms with Gasteiger partial charge in [0.25, 0.3) is 0 Å². The van der Waals surface area contributed by atoms with E-state index in [1.807, 2.05) is 48.7 Å². The van der Waals surface area contributed by atoms with Gasteiger partial charge in [-0.05, 0) is 41.5 Å². The molecule has 0 radical (unpaired) electrons. The van der Waals surface area contributed by atoms with Crippen LogP contribution in [-0.4, -0.2) is 29.7 Å². The molecule has 4 aromatic rings. The number of carbonyl (C=O) groups excluding carboxylic acids is 1. The number of nitrogens with one attached hydrogen (secondary N) is 2. The zero-order chi connectivity index (χ0) is 22.2. The first-order valence-electron chi connectivity index (χ1n) is 10.5. The van der Waals surface area contributed by atoms with Gasteiger partial charge in [0.2, 0.25) is 5.91 Å². The van der Waals surface area contributed by atoms with Crippen LogP contribution in [0.1, 0.15) is 35.4 Å². The van der Waals surface area contributed by atoms with E-state index in [-0.39, 0.29) is 23.5 Å². The number of ether oxygens (including phenoxy) is 2. The Kier molecular flexibility index (Phi) is 4.98. The summed E-state index contributed by atoms with van der Waals surface area (Å²) < 4.78 is 11.5. The number of phenols is 1. The quantitative estimate of drug-likeness (QED) is 0.420. The standard InChI is InChI=1S/C26H24N2O4/c1-15(29)28-17-5-3-16(4-6-17)26-21-9-7-18(30)11-25(21)32-14-23(26)22-13-27-24-12-19(31-2)8-10-20(22)24/h3-13,23,26-27,30H,14H2,1-2H3,(H,28,29)/t23-,26-/m1/s1. The maximum atomic E-state index is 11.4. The highest BCUT2D eigenvalue weighted by molar-refractivity contribution is 5.88. The molecule has 1 amide bonds. The highest BCUT2D eigenvalue weighted by Crippen LogP contribution is 2.48. The average Bonchev–Trinajstić information content (AvgIpc) is 3.21. The number of benzene rings is 3. The lowest BCUT2D eigenvalue weighted by Gasteiger charge is -2.34. The van der Waals surface area contributed by atoms with E-state index in [1.54, 1.807) is 19.2 Å². The lowest BCUT2D eigenvalue weighted by Crippen LogP contribution is -2.25. The van der Waals surface area contributed by atoms with Crippen molar-refractivity contribution < 1.29 is 19.4 Å². The number of anilines is 1. The number of carbonyl (C=O) groups is 1. The van der Waals surface area contributed by atoms with Crippen LogP contribution in [0.15, 0.2) is 66.9 Å². The molecule has 0 bridgehead atoms. The molecule has 0 spiro atoms. The molecule has 3 N–H and O–H groups in total. The molecular formula is C26H24N2O4. The summed E-state index contributed by atoms with van der Waals surface area (Å²) in [6.45, 7) is 1.98. The Balaban J connectivity index is 1.61. The number of amides is 1. The zero-order valence-corrected chi connectivity index (χ0v) is 17.9. The molecule has 0 aliphatic carbocycles. The van der Waals surface area contributed by atoms with Crippen LogP contribution in [0.3, 0.4) is 0 Å². The predicted octanol–water partition coefficient (Wildman–Crippen LogP) is 5.15. The molecule has 1 aromatic heterocycles. The van der Waals surface area contributed by atoms with Crippen LogP contribution in [0.2, 0.25) is 0 Å². The van der Waals surface area contributed by atoms with Crippen LogP contribution in [-0.2, 0) is 4.79 Å². The first-order chi connectivity index (χ1) is 15.5. The fraction of sp³-hybridized carbons (Fsp3) is 0.192. The molecule has 0 fully saturated rings. The molecule has 5 rings (SSSR count). The van der Waals surface area contributed by atoms with E-state index in [2.05, 4.69) is 16.4 Å². The number of H-pyrrole nitrogens is 1. The Labute approximate surface area is 185 Å². The van der Waals surface area contributed by atoms with Gasteiger partial charge in [0.1, 0.15) is 17.2 Å². The molecule has 0 unspecified atom stereocenters. The third kappa shape index (κ3) is 3.54. The largest absolute Gasteiger partial charge is 0.508 e. The average molecular weight is 428 g/mol. The molecule has 1 aliphatic rings. The summed E-state index contributed by atoms with van der Waals surface area (Å²) in [5.74, 6) is 1.65. The fourth-order valence-electron chi connectivity index (χ4n) is 4.62. The van der Waals surface area contributed by atoms with Crippen LogP contribution >= 0.6 is 0 Å². The number of hydrogen-bond donors (Lipinski definition) is 3. The molecule has 0 saturated heterocycles. The Bertz CT molecular complexity index is 1290. The molecule has 32 heavy (non-hydrogen) atoms. The number of rotatable bonds is 4. The lowest BCUT2D eigenvalue weighted by molar-refractivity contribution is -0.114. The molecule has 162 valence electrons. The second kappa shape index (κ2) is 7.96. The van der Waals surface area contributed by atoms with Gasteiger partial charge in [-0.15, -0.1) is 0 Å². The van der Waals surface area contributed by atoms with Crippen molar-refractivity contribution in [1.82, 2.24) is 4.98 Å². The first kappa shape index (κ1) is 20.0. The first-order valence-corrected chi connectivity index (χ1v) is 10.5. The normalized spacial score (nSPS) is 17.4. The van der Waals surface area contributed by atoms with Gasteiger partial charge in [0, 0.05) is 59.2 Å². The summed E-state index contributed by atoms with van der Waals surface area (Å²) in [5.41, 5.74) is 5.07. The van der Waals surface area contributed by atoms with Crippen molar-refractivity contribution in [1.29, 1.82) is 0 Å². The van der Waals surface area contributed by atoms with Gasteiger partial charge >= 0.3 is 0 Å². The SMILES string of the molecule is COc1ccc2c([C@H]3COc4cc(O)ccc4[C@H]3c3ccc(NC(C)=O)cc3)c[nH]c2c1. The van der Waals surface area contributed by atoms with Crippen molar-refractivity contribution in [2.45, 2.75) is 18.8 Å². The Hall–Kier alpha value is -3.93. The van der Waals surface area contributed by atoms with Crippen LogP contribution in [0.25, 0.3) is 10.9 Å². The van der Waals surface area contributed by atoms with Gasteiger partial charge in [-0.3, -0.25) is 4.79 Å². The van der Waals surface area contributed by atoms with Crippen molar-refractivity contribution in [2.24, 2.45) is 0 Å². The summed E-state index contributed by atoms with van der Waals surface area (Å²) in [7, 11) is 1.66. The second-order valence-electron chi connectivity index (χ2n) is 8.08. The van der Waals surface area contributed by atoms with Gasteiger partial charge in [-0.25, -0.2) is 0 Å². The number of phenolic OH excluding ortho intramolecular Hbond substituents is 1. The van der Waals surface area contributed by atoms with Crippen LogP contribution in [0.4, 0.5) is 5.69 Å². The van der Waals surface area contributed by atoms with Crippen LogP contribution in [0, 0.1) is 0 Å². The van der Waals surface area contributed by atoms with Crippen molar-refractivity contribution in [3.05, 3.63) is 83.6 Å². The van der Waals surface area contributed by atoms with E-state index in [0.717, 1.165) is 39.0 Å². The zero-order valence-electron chi connectivity index (χ0n) is 17.9. The highest BCUT2D eigenvalue weighted by Gasteiger charge is 2.35. The van der Waals surface area contributed by atoms with Crippen molar-refractivity contribution >= 4 is 22.5 Å². The number of hydrogen-bond acceptors (Lipinski definition) is 4. The van der Waals surface area contributed by atoms with Crippen molar-refractivity contribution in [2.75, 3.05) is 19.0 Å². The third-order valence-corrected chi connectivity index (χ3v) is 6.06. The third-order valence-electron chi connectivity index (χ3n) is 6.06. The number of fused-ring (bicyclic) bond motifs is 2. The molecule has 1 aliphatic heterocycles. The van der Waals surface area contributed by atoms with Gasteiger partial charge in [-0.1, -0.05) is 18.2 Å². The summed E-state index contributed by atoms with van der Waals surface area (Å²) in [4.78, 5) is 14.8. The van der Waals surface area contributed by atoms with Gasteiger partial charge < -0.3 is 24.9 Å². The molecule has 2 atom stereocenters. The molecule has 6 nitrogen and oxygen atoms in total. The number of aromatic nitrogens is 1. The number of aromatic amines is 1. The van der Waals surface area contributed by atoms with E-state index in [0.29, 0.717) is 12.4 Å². The molecule has 2 heterocycles. The highest BCUT2D eigenvalue weighted by atomic mass is 16.5. The molecular weight excluding hydrogens is 404 g/mol. The summed E-state index contributed by atoms with van der Waals surface area (Å²) in [6.07, 6.45) is 2.04. The number of methoxy groups -OCH3 is 1. The Morgan fingerprint density at radius 3 is 2.66 bits per heavy atom.